The molecule has 0 fully saturated rings. The molecule has 0 bridgehead atoms. The van der Waals surface area contributed by atoms with Crippen LogP contribution in [0.15, 0.2) is 36.4 Å². The van der Waals surface area contributed by atoms with Crippen LogP contribution in [0.25, 0.3) is 0 Å². The third kappa shape index (κ3) is 5.83. The lowest BCUT2D eigenvalue weighted by Crippen LogP contribution is -2.35. The lowest BCUT2D eigenvalue weighted by atomic mass is 10.2. The number of nitrogens with zero attached hydrogens (tertiary/aromatic N) is 1. The predicted octanol–water partition coefficient (Wildman–Crippen LogP) is 5.49. The first-order chi connectivity index (χ1) is 15.5. The summed E-state index contributed by atoms with van der Waals surface area (Å²) in [5.41, 5.74) is -1.05. The summed E-state index contributed by atoms with van der Waals surface area (Å²) in [4.78, 5) is 0. The van der Waals surface area contributed by atoms with E-state index in [0.717, 1.165) is 29.7 Å². The number of aromatic nitrogens is 1. The molecule has 33 heavy (non-hydrogen) atoms. The van der Waals surface area contributed by atoms with E-state index in [2.05, 4.69) is 15.0 Å². The normalized spacial score (nSPS) is 12.3. The number of amidine groups is 1. The number of aromatic hydroxyl groups is 1. The maximum absolute atomic E-state index is 14.7. The fraction of sp³-hybridized carbons (Fsp3) is 0.200. The molecule has 176 valence electrons. The molecule has 0 saturated heterocycles. The van der Waals surface area contributed by atoms with Crippen molar-refractivity contribution in [3.8, 4) is 17.4 Å². The molecule has 1 atom stereocenters. The predicted molar refractivity (Wildman–Crippen MR) is 117 cm³/mol. The number of hydrogen-bond donors (Lipinski definition) is 5. The summed E-state index contributed by atoms with van der Waals surface area (Å²) in [5.74, 6) is -1.90. The van der Waals surface area contributed by atoms with Crippen molar-refractivity contribution in [2.24, 2.45) is 0 Å². The van der Waals surface area contributed by atoms with Gasteiger partial charge in [0.1, 0.15) is 33.7 Å². The molecule has 2 aromatic carbocycles. The summed E-state index contributed by atoms with van der Waals surface area (Å²) in [6, 6.07) is 5.59. The number of rotatable bonds is 7. The molecule has 5 N–H and O–H groups in total. The average molecular weight is 505 g/mol. The van der Waals surface area contributed by atoms with Crippen LogP contribution in [0, 0.1) is 11.2 Å². The number of hydrogen-bond acceptors (Lipinski definition) is 7. The summed E-state index contributed by atoms with van der Waals surface area (Å²) >= 11 is 6.68. The minimum absolute atomic E-state index is 0.0178. The number of aliphatic hydroxyl groups is 1. The molecule has 13 heteroatoms. The molecule has 0 saturated carbocycles. The van der Waals surface area contributed by atoms with Gasteiger partial charge < -0.3 is 25.6 Å². The van der Waals surface area contributed by atoms with Gasteiger partial charge in [0, 0.05) is 12.1 Å². The average Bonchev–Trinajstić information content (AvgIpc) is 3.10. The van der Waals surface area contributed by atoms with Gasteiger partial charge in [-0.1, -0.05) is 11.6 Å². The fourth-order valence-electron chi connectivity index (χ4n) is 2.62. The number of anilines is 2. The van der Waals surface area contributed by atoms with Gasteiger partial charge in [-0.15, -0.1) is 0 Å². The summed E-state index contributed by atoms with van der Waals surface area (Å²) in [5, 5.41) is 32.6. The van der Waals surface area contributed by atoms with Crippen molar-refractivity contribution in [3.05, 3.63) is 58.4 Å². The highest BCUT2D eigenvalue weighted by atomic mass is 35.5. The molecule has 0 spiro atoms. The van der Waals surface area contributed by atoms with Gasteiger partial charge in [0.15, 0.2) is 0 Å². The molecule has 0 radical (unpaired) electrons. The van der Waals surface area contributed by atoms with E-state index in [1.54, 1.807) is 6.92 Å². The van der Waals surface area contributed by atoms with Crippen LogP contribution in [0.3, 0.4) is 0 Å². The lowest BCUT2D eigenvalue weighted by Gasteiger charge is -2.15. The minimum Gasteiger partial charge on any atom is -0.492 e. The van der Waals surface area contributed by atoms with E-state index in [4.69, 9.17) is 26.9 Å². The van der Waals surface area contributed by atoms with Gasteiger partial charge in [-0.3, -0.25) is 5.41 Å². The Labute approximate surface area is 194 Å². The van der Waals surface area contributed by atoms with E-state index in [1.807, 2.05) is 0 Å². The highest BCUT2D eigenvalue weighted by Gasteiger charge is 2.31. The quantitative estimate of drug-likeness (QED) is 0.165. The Morgan fingerprint density at radius 3 is 2.64 bits per heavy atom. The zero-order valence-electron chi connectivity index (χ0n) is 16.8. The third-order valence-electron chi connectivity index (χ3n) is 4.26. The first-order valence-corrected chi connectivity index (χ1v) is 10.4. The second-order valence-corrected chi connectivity index (χ2v) is 8.01. The van der Waals surface area contributed by atoms with Crippen LogP contribution in [-0.2, 0) is 6.18 Å². The van der Waals surface area contributed by atoms with Gasteiger partial charge in [-0.2, -0.15) is 17.5 Å². The molecular weight excluding hydrogens is 488 g/mol. The van der Waals surface area contributed by atoms with E-state index in [9.17, 15) is 22.7 Å². The van der Waals surface area contributed by atoms with Crippen molar-refractivity contribution in [2.75, 3.05) is 11.9 Å². The van der Waals surface area contributed by atoms with Crippen LogP contribution < -0.4 is 15.4 Å². The molecule has 7 nitrogen and oxygen atoms in total. The minimum atomic E-state index is -4.60. The molecule has 3 aromatic rings. The van der Waals surface area contributed by atoms with Crippen molar-refractivity contribution in [3.63, 3.8) is 0 Å². The summed E-state index contributed by atoms with van der Waals surface area (Å²) < 4.78 is 62.5. The number of nitrogens with one attached hydrogen (secondary N) is 3. The second-order valence-electron chi connectivity index (χ2n) is 6.82. The Morgan fingerprint density at radius 2 is 2.00 bits per heavy atom. The molecule has 0 amide bonds. The lowest BCUT2D eigenvalue weighted by molar-refractivity contribution is -0.137. The SMILES string of the molecule is CC(CO)NC(=N)c1c(O)nsc1Nc1ccc(Oc2cc(C(F)(F)F)ccc2Cl)cc1F. The third-order valence-corrected chi connectivity index (χ3v) is 5.33. The van der Waals surface area contributed by atoms with Crippen molar-refractivity contribution < 1.29 is 32.5 Å². The Balaban J connectivity index is 1.81. The van der Waals surface area contributed by atoms with E-state index < -0.39 is 29.5 Å². The van der Waals surface area contributed by atoms with E-state index in [1.165, 1.54) is 12.1 Å². The van der Waals surface area contributed by atoms with Crippen molar-refractivity contribution in [2.45, 2.75) is 19.1 Å². The molecule has 3 rings (SSSR count). The summed E-state index contributed by atoms with van der Waals surface area (Å²) in [7, 11) is 0. The molecule has 0 aliphatic carbocycles. The fourth-order valence-corrected chi connectivity index (χ4v) is 3.49. The largest absolute Gasteiger partial charge is 0.492 e. The van der Waals surface area contributed by atoms with Gasteiger partial charge in [-0.25, -0.2) is 4.39 Å². The van der Waals surface area contributed by atoms with Crippen LogP contribution in [0.2, 0.25) is 5.02 Å². The van der Waals surface area contributed by atoms with Gasteiger partial charge in [0.25, 0.3) is 0 Å². The highest BCUT2D eigenvalue weighted by Crippen LogP contribution is 2.38. The Hall–Kier alpha value is -3.09. The molecule has 0 aliphatic heterocycles. The Morgan fingerprint density at radius 1 is 1.27 bits per heavy atom. The zero-order chi connectivity index (χ0) is 24.3. The number of ether oxygens (including phenoxy) is 1. The highest BCUT2D eigenvalue weighted by molar-refractivity contribution is 7.11. The van der Waals surface area contributed by atoms with E-state index in [-0.39, 0.29) is 45.2 Å². The van der Waals surface area contributed by atoms with Crippen molar-refractivity contribution in [1.82, 2.24) is 9.69 Å². The van der Waals surface area contributed by atoms with Crippen LogP contribution in [0.5, 0.6) is 17.4 Å². The van der Waals surface area contributed by atoms with E-state index in [0.29, 0.717) is 6.07 Å². The summed E-state index contributed by atoms with van der Waals surface area (Å²) in [6.07, 6.45) is -4.60. The molecular formula is C20H17ClF4N4O3S. The van der Waals surface area contributed by atoms with Crippen LogP contribution in [0.4, 0.5) is 28.3 Å². The number of benzene rings is 2. The van der Waals surface area contributed by atoms with Crippen LogP contribution in [0.1, 0.15) is 18.1 Å². The standard InChI is InChI=1S/C20H17ClF4N4O3S/c1-9(8-30)27-17(26)16-18(31)29-33-19(16)28-14-5-3-11(7-13(14)22)32-15-6-10(20(23,24)25)2-4-12(15)21/h2-7,9,28,30H,8H2,1H3,(H2,26,27)(H,29,31). The first-order valence-electron chi connectivity index (χ1n) is 9.25. The smallest absolute Gasteiger partial charge is 0.416 e. The van der Waals surface area contributed by atoms with Crippen LogP contribution in [-0.4, -0.2) is 33.1 Å². The van der Waals surface area contributed by atoms with E-state index >= 15 is 0 Å². The van der Waals surface area contributed by atoms with Gasteiger partial charge in [-0.05, 0) is 48.8 Å². The Kier molecular flexibility index (Phi) is 7.30. The topological polar surface area (TPSA) is 110 Å². The second kappa shape index (κ2) is 9.81. The summed E-state index contributed by atoms with van der Waals surface area (Å²) in [6.45, 7) is 1.36. The van der Waals surface area contributed by atoms with Gasteiger partial charge in [0.2, 0.25) is 5.88 Å². The van der Waals surface area contributed by atoms with Crippen molar-refractivity contribution in [1.29, 1.82) is 5.41 Å². The molecule has 1 aromatic heterocycles. The number of alkyl halides is 3. The van der Waals surface area contributed by atoms with Crippen LogP contribution >= 0.6 is 23.1 Å². The molecule has 1 unspecified atom stereocenters. The maximum atomic E-state index is 14.7. The number of aliphatic hydroxyl groups excluding tert-OH is 1. The zero-order valence-corrected chi connectivity index (χ0v) is 18.4. The monoisotopic (exact) mass is 504 g/mol. The first kappa shape index (κ1) is 24.6. The maximum Gasteiger partial charge on any atom is 0.416 e. The molecule has 0 aliphatic rings. The molecule has 1 heterocycles. The van der Waals surface area contributed by atoms with Gasteiger partial charge >= 0.3 is 6.18 Å². The van der Waals surface area contributed by atoms with Gasteiger partial charge in [0.05, 0.1) is 22.9 Å². The Bertz CT molecular complexity index is 1170. The number of halogens is 5. The van der Waals surface area contributed by atoms with Crippen molar-refractivity contribution >= 4 is 39.7 Å².